The van der Waals surface area contributed by atoms with Crippen molar-refractivity contribution in [3.8, 4) is 11.3 Å². The minimum atomic E-state index is -1.08. The van der Waals surface area contributed by atoms with E-state index in [2.05, 4.69) is 4.98 Å². The number of thiazole rings is 1. The first-order valence-corrected chi connectivity index (χ1v) is 9.50. The third-order valence-corrected chi connectivity index (χ3v) is 5.93. The summed E-state index contributed by atoms with van der Waals surface area (Å²) in [6.07, 6.45) is 3.21. The standard InChI is InChI=1S/C19H19BF2N2O2S/c1-18(2)19(3,4)26-20(25-18)15(22)11-14-16(12-5-7-13(21)8-6-12)23-17-24(14)9-10-27-17/h5-11H,1-4H3. The number of fused-ring (bicyclic) bond motifs is 1. The molecule has 0 bridgehead atoms. The number of aromatic nitrogens is 2. The maximum absolute atomic E-state index is 15.1. The number of benzene rings is 1. The van der Waals surface area contributed by atoms with Crippen molar-refractivity contribution in [1.29, 1.82) is 0 Å². The highest BCUT2D eigenvalue weighted by atomic mass is 32.1. The molecule has 1 aromatic carbocycles. The van der Waals surface area contributed by atoms with Crippen molar-refractivity contribution in [3.05, 3.63) is 53.1 Å². The molecule has 1 aliphatic heterocycles. The van der Waals surface area contributed by atoms with Gasteiger partial charge in [0.25, 0.3) is 0 Å². The van der Waals surface area contributed by atoms with Crippen LogP contribution in [0.3, 0.4) is 0 Å². The van der Waals surface area contributed by atoms with E-state index >= 15 is 4.39 Å². The number of imidazole rings is 1. The predicted molar refractivity (Wildman–Crippen MR) is 104 cm³/mol. The third kappa shape index (κ3) is 3.11. The van der Waals surface area contributed by atoms with Crippen molar-refractivity contribution in [1.82, 2.24) is 9.38 Å². The Kier molecular flexibility index (Phi) is 4.25. The van der Waals surface area contributed by atoms with Gasteiger partial charge >= 0.3 is 7.12 Å². The van der Waals surface area contributed by atoms with Gasteiger partial charge in [-0.05, 0) is 58.0 Å². The Morgan fingerprint density at radius 2 is 1.78 bits per heavy atom. The van der Waals surface area contributed by atoms with Crippen LogP contribution in [-0.4, -0.2) is 27.7 Å². The highest BCUT2D eigenvalue weighted by molar-refractivity contribution is 7.15. The molecule has 2 aromatic heterocycles. The van der Waals surface area contributed by atoms with Crippen LogP contribution in [0.15, 0.2) is 41.6 Å². The molecule has 0 atom stereocenters. The number of nitrogens with zero attached hydrogens (tertiary/aromatic N) is 2. The van der Waals surface area contributed by atoms with Gasteiger partial charge in [0, 0.05) is 17.1 Å². The average Bonchev–Trinajstić information content (AvgIpc) is 3.22. The lowest BCUT2D eigenvalue weighted by Gasteiger charge is -2.32. The molecular formula is C19H19BF2N2O2S. The lowest BCUT2D eigenvalue weighted by Crippen LogP contribution is -2.41. The highest BCUT2D eigenvalue weighted by Gasteiger charge is 2.53. The summed E-state index contributed by atoms with van der Waals surface area (Å²) in [6.45, 7) is 7.50. The van der Waals surface area contributed by atoms with E-state index in [0.717, 1.165) is 4.96 Å². The number of hydrogen-bond acceptors (Lipinski definition) is 4. The van der Waals surface area contributed by atoms with Crippen LogP contribution in [0.1, 0.15) is 33.4 Å². The molecular weight excluding hydrogens is 369 g/mol. The monoisotopic (exact) mass is 388 g/mol. The summed E-state index contributed by atoms with van der Waals surface area (Å²) in [4.78, 5) is 5.30. The van der Waals surface area contributed by atoms with Crippen LogP contribution in [-0.2, 0) is 9.31 Å². The van der Waals surface area contributed by atoms with Crippen molar-refractivity contribution in [2.24, 2.45) is 0 Å². The molecule has 1 fully saturated rings. The fourth-order valence-electron chi connectivity index (χ4n) is 2.92. The molecule has 27 heavy (non-hydrogen) atoms. The molecule has 0 saturated carbocycles. The van der Waals surface area contributed by atoms with E-state index in [9.17, 15) is 4.39 Å². The van der Waals surface area contributed by atoms with Crippen molar-refractivity contribution >= 4 is 29.5 Å². The molecule has 3 aromatic rings. The normalized spacial score (nSPS) is 19.2. The smallest absolute Gasteiger partial charge is 0.398 e. The molecule has 0 amide bonds. The quantitative estimate of drug-likeness (QED) is 0.583. The van der Waals surface area contributed by atoms with Crippen LogP contribution in [0.25, 0.3) is 22.3 Å². The van der Waals surface area contributed by atoms with Crippen LogP contribution in [0.5, 0.6) is 0 Å². The zero-order chi connectivity index (χ0) is 19.4. The lowest BCUT2D eigenvalue weighted by molar-refractivity contribution is 0.00578. The van der Waals surface area contributed by atoms with Crippen LogP contribution in [0.2, 0.25) is 0 Å². The fourth-order valence-corrected chi connectivity index (χ4v) is 3.64. The lowest BCUT2D eigenvalue weighted by atomic mass is 9.87. The van der Waals surface area contributed by atoms with Gasteiger partial charge in [-0.15, -0.1) is 11.3 Å². The van der Waals surface area contributed by atoms with Gasteiger partial charge in [0.1, 0.15) is 11.5 Å². The van der Waals surface area contributed by atoms with Gasteiger partial charge in [-0.3, -0.25) is 4.40 Å². The second-order valence-electron chi connectivity index (χ2n) is 7.53. The molecule has 0 radical (unpaired) electrons. The SMILES string of the molecule is CC1(C)OB(C(F)=Cc2c(-c3ccc(F)cc3)nc3sccn23)OC1(C)C. The maximum atomic E-state index is 15.1. The van der Waals surface area contributed by atoms with Crippen LogP contribution in [0.4, 0.5) is 8.78 Å². The third-order valence-electron chi connectivity index (χ3n) is 5.17. The van der Waals surface area contributed by atoms with Crippen molar-refractivity contribution in [3.63, 3.8) is 0 Å². The van der Waals surface area contributed by atoms with Gasteiger partial charge in [0.15, 0.2) is 4.96 Å². The fraction of sp³-hybridized carbons (Fsp3) is 0.316. The molecule has 0 aliphatic carbocycles. The molecule has 8 heteroatoms. The minimum Gasteiger partial charge on any atom is -0.398 e. The van der Waals surface area contributed by atoms with E-state index < -0.39 is 24.0 Å². The first-order chi connectivity index (χ1) is 12.7. The molecule has 3 heterocycles. The van der Waals surface area contributed by atoms with Gasteiger partial charge in [0.2, 0.25) is 0 Å². The molecule has 140 valence electrons. The summed E-state index contributed by atoms with van der Waals surface area (Å²) < 4.78 is 41.7. The van der Waals surface area contributed by atoms with Gasteiger partial charge in [0.05, 0.1) is 22.6 Å². The van der Waals surface area contributed by atoms with Crippen molar-refractivity contribution in [2.45, 2.75) is 38.9 Å². The summed E-state index contributed by atoms with van der Waals surface area (Å²) in [7, 11) is -1.08. The summed E-state index contributed by atoms with van der Waals surface area (Å²) >= 11 is 1.44. The summed E-state index contributed by atoms with van der Waals surface area (Å²) in [6, 6.07) is 5.99. The summed E-state index contributed by atoms with van der Waals surface area (Å²) in [5.74, 6) is -0.333. The first kappa shape index (κ1) is 18.3. The molecule has 4 rings (SSSR count). The van der Waals surface area contributed by atoms with Gasteiger partial charge in [-0.25, -0.2) is 13.8 Å². The summed E-state index contributed by atoms with van der Waals surface area (Å²) in [5, 5.41) is 1.88. The Hall–Kier alpha value is -2.03. The zero-order valence-corrected chi connectivity index (χ0v) is 16.3. The predicted octanol–water partition coefficient (Wildman–Crippen LogP) is 5.14. The van der Waals surface area contributed by atoms with Crippen LogP contribution >= 0.6 is 11.3 Å². The van der Waals surface area contributed by atoms with E-state index in [1.165, 1.54) is 29.5 Å². The topological polar surface area (TPSA) is 35.8 Å². The van der Waals surface area contributed by atoms with Gasteiger partial charge in [-0.1, -0.05) is 0 Å². The first-order valence-electron chi connectivity index (χ1n) is 8.62. The van der Waals surface area contributed by atoms with E-state index in [0.29, 0.717) is 17.0 Å². The Balaban J connectivity index is 1.77. The number of hydrogen-bond donors (Lipinski definition) is 0. The second kappa shape index (κ2) is 6.26. The van der Waals surface area contributed by atoms with Crippen molar-refractivity contribution in [2.75, 3.05) is 0 Å². The number of halogens is 2. The second-order valence-corrected chi connectivity index (χ2v) is 8.40. The molecule has 1 aliphatic rings. The minimum absolute atomic E-state index is 0.333. The molecule has 4 nitrogen and oxygen atoms in total. The number of rotatable bonds is 3. The Labute approximate surface area is 160 Å². The summed E-state index contributed by atoms with van der Waals surface area (Å²) in [5.41, 5.74) is 0.0547. The Morgan fingerprint density at radius 3 is 2.41 bits per heavy atom. The van der Waals surface area contributed by atoms with E-state index in [1.807, 2.05) is 39.3 Å². The van der Waals surface area contributed by atoms with Gasteiger partial charge < -0.3 is 9.31 Å². The Bertz CT molecular complexity index is 1010. The molecule has 1 saturated heterocycles. The largest absolute Gasteiger partial charge is 0.525 e. The van der Waals surface area contributed by atoms with Crippen LogP contribution < -0.4 is 0 Å². The maximum Gasteiger partial charge on any atom is 0.525 e. The highest BCUT2D eigenvalue weighted by Crippen LogP contribution is 2.39. The average molecular weight is 388 g/mol. The molecule has 0 spiro atoms. The van der Waals surface area contributed by atoms with E-state index in [1.54, 1.807) is 16.5 Å². The van der Waals surface area contributed by atoms with Gasteiger partial charge in [-0.2, -0.15) is 0 Å². The Morgan fingerprint density at radius 1 is 1.15 bits per heavy atom. The van der Waals surface area contributed by atoms with E-state index in [-0.39, 0.29) is 5.82 Å². The zero-order valence-electron chi connectivity index (χ0n) is 15.5. The molecule has 0 N–H and O–H groups in total. The van der Waals surface area contributed by atoms with Crippen LogP contribution in [0, 0.1) is 5.82 Å². The van der Waals surface area contributed by atoms with Crippen molar-refractivity contribution < 1.29 is 18.1 Å². The molecule has 0 unspecified atom stereocenters. The van der Waals surface area contributed by atoms with E-state index in [4.69, 9.17) is 9.31 Å².